The molecule has 0 saturated carbocycles. The lowest BCUT2D eigenvalue weighted by Crippen LogP contribution is -2.55. The van der Waals surface area contributed by atoms with E-state index in [0.29, 0.717) is 13.2 Å². The van der Waals surface area contributed by atoms with Gasteiger partial charge in [-0.05, 0) is 26.2 Å². The summed E-state index contributed by atoms with van der Waals surface area (Å²) >= 11 is 0. The number of urea groups is 1. The van der Waals surface area contributed by atoms with Crippen LogP contribution >= 0.6 is 0 Å². The molecule has 0 spiro atoms. The molecule has 2 atom stereocenters. The predicted molar refractivity (Wildman–Crippen MR) is 66.4 cm³/mol. The lowest BCUT2D eigenvalue weighted by Gasteiger charge is -2.30. The van der Waals surface area contributed by atoms with Gasteiger partial charge in [0.2, 0.25) is 0 Å². The Morgan fingerprint density at radius 2 is 2.11 bits per heavy atom. The Hall–Kier alpha value is -1.30. The molecule has 1 saturated heterocycles. The van der Waals surface area contributed by atoms with Gasteiger partial charge in [0.1, 0.15) is 6.04 Å². The molecule has 6 nitrogen and oxygen atoms in total. The van der Waals surface area contributed by atoms with Crippen LogP contribution in [0.3, 0.4) is 0 Å². The minimum absolute atomic E-state index is 0.0150. The number of hydrogen-bond acceptors (Lipinski definition) is 3. The fourth-order valence-electron chi connectivity index (χ4n) is 2.31. The second kappa shape index (κ2) is 5.56. The number of rotatable bonds is 4. The molecule has 0 aliphatic carbocycles. The average molecular weight is 258 g/mol. The first-order valence-corrected chi connectivity index (χ1v) is 6.09. The Morgan fingerprint density at radius 1 is 1.50 bits per heavy atom. The maximum absolute atomic E-state index is 12.1. The number of hydrogen-bond donors (Lipinski definition) is 2. The summed E-state index contributed by atoms with van der Waals surface area (Å²) in [6.07, 6.45) is 0.717. The van der Waals surface area contributed by atoms with E-state index in [-0.39, 0.29) is 11.9 Å². The molecule has 104 valence electrons. The highest BCUT2D eigenvalue weighted by molar-refractivity contribution is 5.83. The molecule has 1 heterocycles. The first kappa shape index (κ1) is 14.8. The first-order valence-electron chi connectivity index (χ1n) is 6.09. The summed E-state index contributed by atoms with van der Waals surface area (Å²) in [4.78, 5) is 24.7. The highest BCUT2D eigenvalue weighted by Crippen LogP contribution is 2.24. The van der Waals surface area contributed by atoms with Crippen molar-refractivity contribution >= 4 is 12.0 Å². The summed E-state index contributed by atoms with van der Waals surface area (Å²) in [6.45, 7) is 6.38. The third-order valence-corrected chi connectivity index (χ3v) is 3.16. The molecule has 2 amide bonds. The van der Waals surface area contributed by atoms with Gasteiger partial charge in [0.15, 0.2) is 0 Å². The smallest absolute Gasteiger partial charge is 0.326 e. The molecular weight excluding hydrogens is 236 g/mol. The van der Waals surface area contributed by atoms with Crippen LogP contribution < -0.4 is 5.32 Å². The van der Waals surface area contributed by atoms with E-state index in [4.69, 9.17) is 9.84 Å². The highest BCUT2D eigenvalue weighted by atomic mass is 16.5. The number of methoxy groups -OCH3 is 1. The van der Waals surface area contributed by atoms with Crippen molar-refractivity contribution in [3.8, 4) is 0 Å². The van der Waals surface area contributed by atoms with Gasteiger partial charge in [-0.2, -0.15) is 0 Å². The Balaban J connectivity index is 2.69. The van der Waals surface area contributed by atoms with Gasteiger partial charge in [-0.15, -0.1) is 0 Å². The molecule has 2 N–H and O–H groups in total. The Labute approximate surface area is 107 Å². The molecule has 0 aromatic rings. The zero-order valence-electron chi connectivity index (χ0n) is 11.4. The van der Waals surface area contributed by atoms with Crippen molar-refractivity contribution in [3.63, 3.8) is 0 Å². The van der Waals surface area contributed by atoms with Crippen molar-refractivity contribution in [2.45, 2.75) is 38.8 Å². The zero-order valence-corrected chi connectivity index (χ0v) is 11.4. The molecule has 0 aromatic heterocycles. The Kier molecular flexibility index (Phi) is 4.56. The number of ether oxygens (including phenoxy) is 1. The topological polar surface area (TPSA) is 78.9 Å². The van der Waals surface area contributed by atoms with Gasteiger partial charge in [0, 0.05) is 13.7 Å². The number of carbonyl (C=O) groups excluding carboxylic acids is 1. The molecular formula is C12H22N2O4. The van der Waals surface area contributed by atoms with Crippen LogP contribution in [0.1, 0.15) is 27.2 Å². The predicted octanol–water partition coefficient (Wildman–Crippen LogP) is 0.916. The third kappa shape index (κ3) is 3.35. The van der Waals surface area contributed by atoms with Gasteiger partial charge in [-0.3, -0.25) is 0 Å². The van der Waals surface area contributed by atoms with E-state index < -0.39 is 17.6 Å². The summed E-state index contributed by atoms with van der Waals surface area (Å²) in [5.74, 6) is -0.960. The monoisotopic (exact) mass is 258 g/mol. The van der Waals surface area contributed by atoms with Crippen LogP contribution in [0.15, 0.2) is 0 Å². The lowest BCUT2D eigenvalue weighted by atomic mass is 10.0. The first-order chi connectivity index (χ1) is 8.28. The minimum Gasteiger partial charge on any atom is -0.480 e. The third-order valence-electron chi connectivity index (χ3n) is 3.16. The maximum Gasteiger partial charge on any atom is 0.326 e. The molecule has 6 heteroatoms. The number of carboxylic acid groups (broad SMARTS) is 1. The molecule has 2 unspecified atom stereocenters. The largest absolute Gasteiger partial charge is 0.480 e. The molecule has 1 fully saturated rings. The van der Waals surface area contributed by atoms with Crippen molar-refractivity contribution in [3.05, 3.63) is 0 Å². The van der Waals surface area contributed by atoms with Gasteiger partial charge in [-0.1, -0.05) is 6.92 Å². The molecule has 1 rings (SSSR count). The summed E-state index contributed by atoms with van der Waals surface area (Å²) in [7, 11) is 1.56. The van der Waals surface area contributed by atoms with E-state index in [1.807, 2.05) is 20.8 Å². The fraction of sp³-hybridized carbons (Fsp3) is 0.833. The number of carbonyl (C=O) groups is 2. The number of likely N-dealkylation sites (tertiary alicyclic amines) is 1. The second-order valence-electron chi connectivity index (χ2n) is 5.49. The minimum atomic E-state index is -0.945. The van der Waals surface area contributed by atoms with Crippen LogP contribution in [-0.2, 0) is 9.53 Å². The highest BCUT2D eigenvalue weighted by Gasteiger charge is 2.40. The van der Waals surface area contributed by atoms with Crippen molar-refractivity contribution < 1.29 is 19.4 Å². The van der Waals surface area contributed by atoms with Crippen molar-refractivity contribution in [2.24, 2.45) is 5.92 Å². The molecule has 18 heavy (non-hydrogen) atoms. The summed E-state index contributed by atoms with van der Waals surface area (Å²) < 4.78 is 5.02. The fourth-order valence-corrected chi connectivity index (χ4v) is 2.31. The number of aliphatic carboxylic acids is 1. The van der Waals surface area contributed by atoms with Crippen LogP contribution in [-0.4, -0.2) is 53.8 Å². The van der Waals surface area contributed by atoms with Gasteiger partial charge >= 0.3 is 12.0 Å². The Bertz CT molecular complexity index is 330. The maximum atomic E-state index is 12.1. The van der Waals surface area contributed by atoms with Crippen LogP contribution in [0.5, 0.6) is 0 Å². The summed E-state index contributed by atoms with van der Waals surface area (Å²) in [5.41, 5.74) is -0.513. The van der Waals surface area contributed by atoms with E-state index >= 15 is 0 Å². The normalized spacial score (nSPS) is 24.1. The summed E-state index contributed by atoms with van der Waals surface area (Å²) in [5, 5.41) is 12.0. The lowest BCUT2D eigenvalue weighted by molar-refractivity contribution is -0.142. The van der Waals surface area contributed by atoms with Crippen LogP contribution in [0.25, 0.3) is 0 Å². The van der Waals surface area contributed by atoms with Gasteiger partial charge < -0.3 is 20.1 Å². The van der Waals surface area contributed by atoms with Gasteiger partial charge in [-0.25, -0.2) is 9.59 Å². The van der Waals surface area contributed by atoms with Gasteiger partial charge in [0.05, 0.1) is 12.1 Å². The number of nitrogens with zero attached hydrogens (tertiary/aromatic N) is 1. The Morgan fingerprint density at radius 3 is 2.61 bits per heavy atom. The summed E-state index contributed by atoms with van der Waals surface area (Å²) in [6, 6.07) is -1.07. The standard InChI is InChI=1S/C12H22N2O4/c1-8-5-6-14(9(8)10(15)16)11(17)13-12(2,3)7-18-4/h8-9H,5-7H2,1-4H3,(H,13,17)(H,15,16). The molecule has 1 aliphatic rings. The van der Waals surface area contributed by atoms with Crippen molar-refractivity contribution in [1.82, 2.24) is 10.2 Å². The average Bonchev–Trinajstić information content (AvgIpc) is 2.59. The van der Waals surface area contributed by atoms with E-state index in [0.717, 1.165) is 6.42 Å². The number of nitrogens with one attached hydrogen (secondary N) is 1. The van der Waals surface area contributed by atoms with E-state index in [9.17, 15) is 9.59 Å². The SMILES string of the molecule is COCC(C)(C)NC(=O)N1CCC(C)C1C(=O)O. The second-order valence-corrected chi connectivity index (χ2v) is 5.49. The van der Waals surface area contributed by atoms with Crippen molar-refractivity contribution in [1.29, 1.82) is 0 Å². The van der Waals surface area contributed by atoms with E-state index in [1.165, 1.54) is 4.90 Å². The quantitative estimate of drug-likeness (QED) is 0.785. The number of carboxylic acids is 1. The molecule has 0 bridgehead atoms. The molecule has 1 aliphatic heterocycles. The van der Waals surface area contributed by atoms with E-state index in [2.05, 4.69) is 5.32 Å². The van der Waals surface area contributed by atoms with Gasteiger partial charge in [0.25, 0.3) is 0 Å². The van der Waals surface area contributed by atoms with E-state index in [1.54, 1.807) is 7.11 Å². The zero-order chi connectivity index (χ0) is 13.9. The van der Waals surface area contributed by atoms with Crippen molar-refractivity contribution in [2.75, 3.05) is 20.3 Å². The van der Waals surface area contributed by atoms with Crippen LogP contribution in [0, 0.1) is 5.92 Å². The molecule has 0 radical (unpaired) electrons. The van der Waals surface area contributed by atoms with Crippen LogP contribution in [0.4, 0.5) is 4.79 Å². The molecule has 0 aromatic carbocycles. The number of amides is 2. The van der Waals surface area contributed by atoms with Crippen LogP contribution in [0.2, 0.25) is 0 Å².